The molecule has 1 aliphatic rings. The van der Waals surface area contributed by atoms with Crippen molar-refractivity contribution in [3.05, 3.63) is 48.3 Å². The Morgan fingerprint density at radius 3 is 2.65 bits per heavy atom. The molecule has 0 saturated carbocycles. The van der Waals surface area contributed by atoms with Crippen molar-refractivity contribution < 1.29 is 22.7 Å². The number of amides is 1. The molecule has 2 heterocycles. The predicted molar refractivity (Wildman–Crippen MR) is 88.4 cm³/mol. The second-order valence-corrected chi connectivity index (χ2v) is 6.72. The van der Waals surface area contributed by atoms with E-state index in [0.717, 1.165) is 18.4 Å². The smallest absolute Gasteiger partial charge is 0.406 e. The van der Waals surface area contributed by atoms with Crippen LogP contribution in [0.3, 0.4) is 0 Å². The molecule has 1 saturated heterocycles. The van der Waals surface area contributed by atoms with Gasteiger partial charge in [0.05, 0.1) is 0 Å². The van der Waals surface area contributed by atoms with Gasteiger partial charge in [-0.25, -0.2) is 0 Å². The monoisotopic (exact) mass is 367 g/mol. The van der Waals surface area contributed by atoms with E-state index in [0.29, 0.717) is 13.0 Å². The largest absolute Gasteiger partial charge is 0.573 e. The lowest BCUT2D eigenvalue weighted by Crippen LogP contribution is -2.47. The molecule has 26 heavy (non-hydrogen) atoms. The summed E-state index contributed by atoms with van der Waals surface area (Å²) in [5.74, 6) is -0.254. The number of carbonyl (C=O) groups is 1. The van der Waals surface area contributed by atoms with Crippen LogP contribution in [-0.2, 0) is 17.8 Å². The normalized spacial score (nSPS) is 20.4. The van der Waals surface area contributed by atoms with E-state index in [4.69, 9.17) is 0 Å². The number of halogens is 3. The summed E-state index contributed by atoms with van der Waals surface area (Å²) >= 11 is 0. The second-order valence-electron chi connectivity index (χ2n) is 6.72. The summed E-state index contributed by atoms with van der Waals surface area (Å²) in [6.07, 6.45) is 0.986. The van der Waals surface area contributed by atoms with Crippen LogP contribution in [0.1, 0.15) is 25.3 Å². The fraction of sp³-hybridized carbons (Fsp3) is 0.444. The molecular weight excluding hydrogens is 347 g/mol. The summed E-state index contributed by atoms with van der Waals surface area (Å²) in [7, 11) is 0. The van der Waals surface area contributed by atoms with E-state index < -0.39 is 6.36 Å². The fourth-order valence-corrected chi connectivity index (χ4v) is 3.50. The molecule has 1 aromatic heterocycles. The van der Waals surface area contributed by atoms with Crippen molar-refractivity contribution in [3.63, 3.8) is 0 Å². The van der Waals surface area contributed by atoms with E-state index in [2.05, 4.69) is 9.84 Å². The van der Waals surface area contributed by atoms with Gasteiger partial charge < -0.3 is 9.64 Å². The molecule has 1 unspecified atom stereocenters. The lowest BCUT2D eigenvalue weighted by atomic mass is 9.90. The summed E-state index contributed by atoms with van der Waals surface area (Å²) < 4.78 is 42.2. The van der Waals surface area contributed by atoms with Crippen LogP contribution in [0.2, 0.25) is 0 Å². The lowest BCUT2D eigenvalue weighted by molar-refractivity contribution is -0.274. The van der Waals surface area contributed by atoms with Crippen LogP contribution in [0.5, 0.6) is 5.75 Å². The minimum Gasteiger partial charge on any atom is -0.406 e. The van der Waals surface area contributed by atoms with Gasteiger partial charge in [0, 0.05) is 24.5 Å². The minimum atomic E-state index is -4.70. The summed E-state index contributed by atoms with van der Waals surface area (Å²) in [4.78, 5) is 14.5. The predicted octanol–water partition coefficient (Wildman–Crippen LogP) is 3.41. The van der Waals surface area contributed by atoms with Gasteiger partial charge in [-0.15, -0.1) is 13.2 Å². The van der Waals surface area contributed by atoms with Crippen LogP contribution < -0.4 is 4.74 Å². The Labute approximate surface area is 149 Å². The van der Waals surface area contributed by atoms with Gasteiger partial charge in [0.1, 0.15) is 12.3 Å². The van der Waals surface area contributed by atoms with Gasteiger partial charge in [0.2, 0.25) is 5.91 Å². The number of ether oxygens (including phenoxy) is 1. The molecule has 0 aliphatic carbocycles. The molecule has 1 aliphatic heterocycles. The zero-order valence-electron chi connectivity index (χ0n) is 14.4. The first-order valence-electron chi connectivity index (χ1n) is 8.38. The number of rotatable bonds is 5. The standard InChI is InChI=1S/C18H20F3N3O2/c1-17(12-14-4-6-15(7-5-14)26-18(19,20)21)8-2-11-24(17)16(25)13-23-10-3-9-22-23/h3-7,9-10H,2,8,11-13H2,1H3. The third-order valence-electron chi connectivity index (χ3n) is 4.65. The highest BCUT2D eigenvalue weighted by molar-refractivity contribution is 5.77. The van der Waals surface area contributed by atoms with Crippen molar-refractivity contribution in [3.8, 4) is 5.75 Å². The topological polar surface area (TPSA) is 47.4 Å². The average Bonchev–Trinajstić information content (AvgIpc) is 3.17. The summed E-state index contributed by atoms with van der Waals surface area (Å²) in [5.41, 5.74) is 0.497. The Kier molecular flexibility index (Phi) is 4.93. The van der Waals surface area contributed by atoms with Gasteiger partial charge in [-0.05, 0) is 49.9 Å². The Morgan fingerprint density at radius 1 is 1.31 bits per heavy atom. The molecule has 0 N–H and O–H groups in total. The molecule has 1 fully saturated rings. The molecule has 8 heteroatoms. The van der Waals surface area contributed by atoms with Crippen LogP contribution in [0.4, 0.5) is 13.2 Å². The number of likely N-dealkylation sites (tertiary alicyclic amines) is 1. The molecule has 3 rings (SSSR count). The summed E-state index contributed by atoms with van der Waals surface area (Å²) in [6.45, 7) is 2.87. The van der Waals surface area contributed by atoms with Crippen molar-refractivity contribution in [2.24, 2.45) is 0 Å². The van der Waals surface area contributed by atoms with E-state index >= 15 is 0 Å². The molecule has 140 valence electrons. The van der Waals surface area contributed by atoms with E-state index in [9.17, 15) is 18.0 Å². The highest BCUT2D eigenvalue weighted by atomic mass is 19.4. The highest BCUT2D eigenvalue weighted by Gasteiger charge is 2.39. The molecule has 0 radical (unpaired) electrons. The number of hydrogen-bond donors (Lipinski definition) is 0. The van der Waals surface area contributed by atoms with Gasteiger partial charge in [0.15, 0.2) is 0 Å². The van der Waals surface area contributed by atoms with Crippen molar-refractivity contribution in [2.75, 3.05) is 6.54 Å². The van der Waals surface area contributed by atoms with Crippen LogP contribution in [0.15, 0.2) is 42.7 Å². The van der Waals surface area contributed by atoms with Gasteiger partial charge >= 0.3 is 6.36 Å². The molecule has 1 aromatic carbocycles. The zero-order chi connectivity index (χ0) is 18.8. The average molecular weight is 367 g/mol. The molecule has 1 amide bonds. The molecular formula is C18H20F3N3O2. The Hall–Kier alpha value is -2.51. The number of carbonyl (C=O) groups excluding carboxylic acids is 1. The maximum absolute atomic E-state index is 12.6. The summed E-state index contributed by atoms with van der Waals surface area (Å²) in [6, 6.07) is 7.59. The third-order valence-corrected chi connectivity index (χ3v) is 4.65. The van der Waals surface area contributed by atoms with Crippen LogP contribution in [0, 0.1) is 0 Å². The number of benzene rings is 1. The lowest BCUT2D eigenvalue weighted by Gasteiger charge is -2.35. The third kappa shape index (κ3) is 4.36. The van der Waals surface area contributed by atoms with Crippen molar-refractivity contribution in [1.82, 2.24) is 14.7 Å². The van der Waals surface area contributed by atoms with Crippen molar-refractivity contribution in [2.45, 2.75) is 44.6 Å². The minimum absolute atomic E-state index is 0.00859. The molecule has 1 atom stereocenters. The van der Waals surface area contributed by atoms with Crippen LogP contribution in [0.25, 0.3) is 0 Å². The van der Waals surface area contributed by atoms with Crippen molar-refractivity contribution >= 4 is 5.91 Å². The molecule has 5 nitrogen and oxygen atoms in total. The van der Waals surface area contributed by atoms with Gasteiger partial charge in [-0.2, -0.15) is 5.10 Å². The fourth-order valence-electron chi connectivity index (χ4n) is 3.50. The van der Waals surface area contributed by atoms with Gasteiger partial charge in [-0.3, -0.25) is 9.48 Å². The van der Waals surface area contributed by atoms with Crippen LogP contribution >= 0.6 is 0 Å². The van der Waals surface area contributed by atoms with E-state index in [-0.39, 0.29) is 23.7 Å². The van der Waals surface area contributed by atoms with Crippen LogP contribution in [-0.4, -0.2) is 39.0 Å². The first-order chi connectivity index (χ1) is 12.3. The first kappa shape index (κ1) is 18.3. The maximum Gasteiger partial charge on any atom is 0.573 e. The maximum atomic E-state index is 12.6. The summed E-state index contributed by atoms with van der Waals surface area (Å²) in [5, 5.41) is 4.06. The van der Waals surface area contributed by atoms with E-state index in [1.807, 2.05) is 11.8 Å². The quantitative estimate of drug-likeness (QED) is 0.814. The van der Waals surface area contributed by atoms with E-state index in [1.54, 1.807) is 35.3 Å². The number of alkyl halides is 3. The van der Waals surface area contributed by atoms with Gasteiger partial charge in [0.25, 0.3) is 0 Å². The zero-order valence-corrected chi connectivity index (χ0v) is 14.4. The van der Waals surface area contributed by atoms with Crippen molar-refractivity contribution in [1.29, 1.82) is 0 Å². The number of nitrogens with zero attached hydrogens (tertiary/aromatic N) is 3. The molecule has 2 aromatic rings. The number of aromatic nitrogens is 2. The number of hydrogen-bond acceptors (Lipinski definition) is 3. The van der Waals surface area contributed by atoms with E-state index in [1.165, 1.54) is 12.1 Å². The highest BCUT2D eigenvalue weighted by Crippen LogP contribution is 2.33. The second kappa shape index (κ2) is 7.01. The Morgan fingerprint density at radius 2 is 2.04 bits per heavy atom. The Balaban J connectivity index is 1.67. The van der Waals surface area contributed by atoms with Gasteiger partial charge in [-0.1, -0.05) is 12.1 Å². The Bertz CT molecular complexity index is 744. The SMILES string of the molecule is CC1(Cc2ccc(OC(F)(F)F)cc2)CCCN1C(=O)Cn1cccn1. The first-order valence-corrected chi connectivity index (χ1v) is 8.38. The molecule has 0 bridgehead atoms. The molecule has 0 spiro atoms.